The molecule has 1 fully saturated rings. The number of ketones is 1. The van der Waals surface area contributed by atoms with Crippen molar-refractivity contribution < 1.29 is 9.90 Å². The van der Waals surface area contributed by atoms with Gasteiger partial charge in [0.15, 0.2) is 5.78 Å². The molecule has 1 aliphatic carbocycles. The highest BCUT2D eigenvalue weighted by Gasteiger charge is 2.28. The number of rotatable bonds is 5. The Hall–Kier alpha value is -2.72. The summed E-state index contributed by atoms with van der Waals surface area (Å²) in [6.45, 7) is 3.76. The molecule has 2 aromatic carbocycles. The Bertz CT molecular complexity index is 966. The molecule has 4 nitrogen and oxygen atoms in total. The van der Waals surface area contributed by atoms with Gasteiger partial charge >= 0.3 is 0 Å². The number of nitrogens with zero attached hydrogens (tertiary/aromatic N) is 2. The second-order valence-electron chi connectivity index (χ2n) is 7.07. The van der Waals surface area contributed by atoms with Crippen LogP contribution >= 0.6 is 0 Å². The topological polar surface area (TPSA) is 55.1 Å². The molecule has 1 aromatic heterocycles. The molecule has 1 heterocycles. The van der Waals surface area contributed by atoms with E-state index in [1.54, 1.807) is 12.1 Å². The largest absolute Gasteiger partial charge is 0.388 e. The third kappa shape index (κ3) is 3.08. The van der Waals surface area contributed by atoms with Crippen LogP contribution in [0.3, 0.4) is 0 Å². The van der Waals surface area contributed by atoms with Gasteiger partial charge in [-0.1, -0.05) is 12.1 Å². The van der Waals surface area contributed by atoms with Crippen molar-refractivity contribution in [2.45, 2.75) is 32.6 Å². The maximum absolute atomic E-state index is 11.6. The van der Waals surface area contributed by atoms with Crippen LogP contribution in [-0.4, -0.2) is 27.3 Å². The van der Waals surface area contributed by atoms with Crippen LogP contribution in [0.5, 0.6) is 0 Å². The number of benzene rings is 2. The molecule has 0 amide bonds. The second-order valence-corrected chi connectivity index (χ2v) is 7.07. The number of Topliss-reactive ketones (excluding diaryl/α,β-unsaturated/α-hetero) is 1. The van der Waals surface area contributed by atoms with E-state index in [0.29, 0.717) is 11.5 Å². The first-order valence-electron chi connectivity index (χ1n) is 8.99. The zero-order chi connectivity index (χ0) is 18.3. The van der Waals surface area contributed by atoms with Crippen LogP contribution in [-0.2, 0) is 0 Å². The van der Waals surface area contributed by atoms with Crippen LogP contribution in [0.1, 0.15) is 45.9 Å². The Kier molecular flexibility index (Phi) is 4.21. The molecule has 0 atom stereocenters. The average molecular weight is 346 g/mol. The minimum absolute atomic E-state index is 0.273. The first-order valence-corrected chi connectivity index (χ1v) is 8.99. The molecule has 0 bridgehead atoms. The van der Waals surface area contributed by atoms with Crippen LogP contribution in [0.15, 0.2) is 48.5 Å². The molecule has 0 radical (unpaired) electrons. The number of aryl methyl sites for hydroxylation is 2. The highest BCUT2D eigenvalue weighted by atomic mass is 16.3. The fraction of sp³-hybridized carbons (Fsp3) is 0.273. The van der Waals surface area contributed by atoms with E-state index in [-0.39, 0.29) is 5.78 Å². The molecular weight excluding hydrogens is 324 g/mol. The lowest BCUT2D eigenvalue weighted by Crippen LogP contribution is -2.05. The van der Waals surface area contributed by atoms with E-state index in [9.17, 15) is 4.79 Å². The van der Waals surface area contributed by atoms with Crippen molar-refractivity contribution in [1.82, 2.24) is 9.78 Å². The fourth-order valence-electron chi connectivity index (χ4n) is 3.16. The SMILES string of the molecule is Cc1ccc(-c2cc(C3CC3)nn2-c2ccc(C(=O)CO)cc2)cc1C. The number of aliphatic hydroxyl groups is 1. The standard InChI is InChI=1S/C22H22N2O2/c1-14-3-4-18(11-15(14)2)21-12-20(16-5-6-16)23-24(21)19-9-7-17(8-10-19)22(26)13-25/h3-4,7-12,16,25H,5-6,13H2,1-2H3. The minimum Gasteiger partial charge on any atom is -0.388 e. The van der Waals surface area contributed by atoms with Crippen LogP contribution in [0, 0.1) is 13.8 Å². The number of hydrogen-bond acceptors (Lipinski definition) is 3. The Balaban J connectivity index is 1.79. The summed E-state index contributed by atoms with van der Waals surface area (Å²) in [4.78, 5) is 11.6. The van der Waals surface area contributed by atoms with E-state index in [4.69, 9.17) is 10.2 Å². The van der Waals surface area contributed by atoms with Gasteiger partial charge < -0.3 is 5.11 Å². The number of aromatic nitrogens is 2. The Morgan fingerprint density at radius 3 is 2.42 bits per heavy atom. The number of hydrogen-bond donors (Lipinski definition) is 1. The van der Waals surface area contributed by atoms with Crippen molar-refractivity contribution >= 4 is 5.78 Å². The molecule has 132 valence electrons. The first kappa shape index (κ1) is 16.7. The van der Waals surface area contributed by atoms with Gasteiger partial charge in [0.05, 0.1) is 17.1 Å². The van der Waals surface area contributed by atoms with Crippen LogP contribution in [0.4, 0.5) is 0 Å². The molecule has 4 heteroatoms. The number of carbonyl (C=O) groups is 1. The summed E-state index contributed by atoms with van der Waals surface area (Å²) in [6.07, 6.45) is 2.40. The number of aliphatic hydroxyl groups excluding tert-OH is 1. The normalized spacial score (nSPS) is 13.8. The lowest BCUT2D eigenvalue weighted by atomic mass is 10.0. The third-order valence-electron chi connectivity index (χ3n) is 5.10. The maximum Gasteiger partial charge on any atom is 0.188 e. The summed E-state index contributed by atoms with van der Waals surface area (Å²) in [6, 6.07) is 15.9. The van der Waals surface area contributed by atoms with Gasteiger partial charge in [0, 0.05) is 17.0 Å². The molecule has 0 saturated heterocycles. The van der Waals surface area contributed by atoms with Crippen molar-refractivity contribution in [1.29, 1.82) is 0 Å². The van der Waals surface area contributed by atoms with Gasteiger partial charge in [0.1, 0.15) is 6.61 Å². The van der Waals surface area contributed by atoms with Crippen molar-refractivity contribution in [3.8, 4) is 16.9 Å². The van der Waals surface area contributed by atoms with E-state index in [1.165, 1.54) is 24.0 Å². The highest BCUT2D eigenvalue weighted by Crippen LogP contribution is 2.41. The molecule has 0 unspecified atom stereocenters. The quantitative estimate of drug-likeness (QED) is 0.704. The van der Waals surface area contributed by atoms with E-state index in [1.807, 2.05) is 16.8 Å². The minimum atomic E-state index is -0.471. The molecule has 4 rings (SSSR count). The second kappa shape index (κ2) is 6.54. The Morgan fingerprint density at radius 2 is 1.81 bits per heavy atom. The van der Waals surface area contributed by atoms with Gasteiger partial charge in [-0.2, -0.15) is 5.10 Å². The molecule has 1 saturated carbocycles. The van der Waals surface area contributed by atoms with E-state index in [2.05, 4.69) is 38.1 Å². The zero-order valence-electron chi connectivity index (χ0n) is 15.1. The Morgan fingerprint density at radius 1 is 1.08 bits per heavy atom. The van der Waals surface area contributed by atoms with E-state index in [0.717, 1.165) is 22.6 Å². The monoisotopic (exact) mass is 346 g/mol. The number of carbonyl (C=O) groups excluding carboxylic acids is 1. The van der Waals surface area contributed by atoms with E-state index < -0.39 is 6.61 Å². The smallest absolute Gasteiger partial charge is 0.188 e. The van der Waals surface area contributed by atoms with Gasteiger partial charge in [-0.25, -0.2) is 4.68 Å². The van der Waals surface area contributed by atoms with Crippen LogP contribution < -0.4 is 0 Å². The van der Waals surface area contributed by atoms with Gasteiger partial charge in [-0.15, -0.1) is 0 Å². The molecule has 0 aliphatic heterocycles. The third-order valence-corrected chi connectivity index (χ3v) is 5.10. The summed E-state index contributed by atoms with van der Waals surface area (Å²) in [5.41, 5.74) is 7.30. The van der Waals surface area contributed by atoms with E-state index >= 15 is 0 Å². The van der Waals surface area contributed by atoms with Crippen molar-refractivity contribution in [2.75, 3.05) is 6.61 Å². The maximum atomic E-state index is 11.6. The summed E-state index contributed by atoms with van der Waals surface area (Å²) in [5, 5.41) is 13.9. The molecule has 26 heavy (non-hydrogen) atoms. The average Bonchev–Trinajstić information content (AvgIpc) is 3.42. The predicted octanol–water partition coefficient (Wildman–Crippen LogP) is 4.21. The molecule has 1 N–H and O–H groups in total. The van der Waals surface area contributed by atoms with Crippen LogP contribution in [0.25, 0.3) is 16.9 Å². The Labute approximate surface area is 153 Å². The van der Waals surface area contributed by atoms with Gasteiger partial charge in [0.25, 0.3) is 0 Å². The van der Waals surface area contributed by atoms with Gasteiger partial charge in [-0.3, -0.25) is 4.79 Å². The van der Waals surface area contributed by atoms with Crippen molar-refractivity contribution in [3.05, 3.63) is 70.9 Å². The molecule has 0 spiro atoms. The molecular formula is C22H22N2O2. The predicted molar refractivity (Wildman–Crippen MR) is 102 cm³/mol. The van der Waals surface area contributed by atoms with Gasteiger partial charge in [-0.05, 0) is 74.2 Å². The molecule has 3 aromatic rings. The summed E-state index contributed by atoms with van der Waals surface area (Å²) >= 11 is 0. The summed E-state index contributed by atoms with van der Waals surface area (Å²) in [5.74, 6) is 0.293. The van der Waals surface area contributed by atoms with Crippen LogP contribution in [0.2, 0.25) is 0 Å². The summed E-state index contributed by atoms with van der Waals surface area (Å²) in [7, 11) is 0. The first-order chi connectivity index (χ1) is 12.6. The fourth-order valence-corrected chi connectivity index (χ4v) is 3.16. The van der Waals surface area contributed by atoms with Gasteiger partial charge in [0.2, 0.25) is 0 Å². The lowest BCUT2D eigenvalue weighted by molar-refractivity contribution is 0.0904. The van der Waals surface area contributed by atoms with Crippen molar-refractivity contribution in [2.24, 2.45) is 0 Å². The molecule has 1 aliphatic rings. The highest BCUT2D eigenvalue weighted by molar-refractivity contribution is 5.97. The lowest BCUT2D eigenvalue weighted by Gasteiger charge is -2.10. The zero-order valence-corrected chi connectivity index (χ0v) is 15.1. The summed E-state index contributed by atoms with van der Waals surface area (Å²) < 4.78 is 1.96. The van der Waals surface area contributed by atoms with Crippen molar-refractivity contribution in [3.63, 3.8) is 0 Å².